The van der Waals surface area contributed by atoms with Gasteiger partial charge in [0.15, 0.2) is 0 Å². The first-order valence-electron chi connectivity index (χ1n) is 5.46. The first-order valence-corrected chi connectivity index (χ1v) is 7.61. The van der Waals surface area contributed by atoms with Gasteiger partial charge in [0.05, 0.1) is 8.80 Å². The van der Waals surface area contributed by atoms with Crippen LogP contribution in [0.25, 0.3) is 0 Å². The molecule has 0 amide bonds. The molecule has 0 heterocycles. The van der Waals surface area contributed by atoms with Gasteiger partial charge in [0.1, 0.15) is 0 Å². The van der Waals surface area contributed by atoms with Gasteiger partial charge in [-0.15, -0.1) is 12.3 Å². The van der Waals surface area contributed by atoms with Crippen molar-refractivity contribution in [3.8, 4) is 0 Å². The molecule has 1 nitrogen and oxygen atoms in total. The van der Waals surface area contributed by atoms with Gasteiger partial charge in [-0.05, 0) is 20.5 Å². The fourth-order valence-electron chi connectivity index (χ4n) is 1.95. The Morgan fingerprint density at radius 3 is 2.23 bits per heavy atom. The van der Waals surface area contributed by atoms with Crippen LogP contribution in [-0.2, 0) is 0 Å². The zero-order valence-corrected chi connectivity index (χ0v) is 10.9. The highest BCUT2D eigenvalue weighted by atomic mass is 28.3. The topological polar surface area (TPSA) is 3.24 Å². The first-order chi connectivity index (χ1) is 6.17. The number of rotatable bonds is 7. The third-order valence-corrected chi connectivity index (χ3v) is 6.43. The van der Waals surface area contributed by atoms with Gasteiger partial charge in [0.25, 0.3) is 0 Å². The lowest BCUT2D eigenvalue weighted by Gasteiger charge is -2.29. The zero-order chi connectivity index (χ0) is 10.3. The van der Waals surface area contributed by atoms with Crippen molar-refractivity contribution in [3.63, 3.8) is 0 Å². The molecule has 0 fully saturated rings. The van der Waals surface area contributed by atoms with Gasteiger partial charge in [-0.25, -0.2) is 0 Å². The van der Waals surface area contributed by atoms with Crippen molar-refractivity contribution in [3.05, 3.63) is 12.3 Å². The summed E-state index contributed by atoms with van der Waals surface area (Å²) in [6.07, 6.45) is 3.96. The molecule has 0 aromatic heterocycles. The van der Waals surface area contributed by atoms with Gasteiger partial charge in [0, 0.05) is 5.67 Å². The van der Waals surface area contributed by atoms with E-state index in [-0.39, 0.29) is 0 Å². The molecule has 78 valence electrons. The molecule has 2 heteroatoms. The molecule has 0 saturated carbocycles. The third kappa shape index (κ3) is 4.63. The molecule has 0 aliphatic heterocycles. The highest BCUT2D eigenvalue weighted by Gasteiger charge is 2.20. The molecule has 0 rings (SSSR count). The molecule has 0 spiro atoms. The molecule has 0 N–H and O–H groups in total. The Labute approximate surface area is 85.4 Å². The SMILES string of the molecule is C=C[SiH](CCC)C(CCC)N(C)C. The Bertz CT molecular complexity index is 134. The van der Waals surface area contributed by atoms with Crippen LogP contribution < -0.4 is 0 Å². The van der Waals surface area contributed by atoms with Gasteiger partial charge in [-0.1, -0.05) is 32.7 Å². The van der Waals surface area contributed by atoms with Gasteiger partial charge >= 0.3 is 0 Å². The van der Waals surface area contributed by atoms with E-state index in [0.717, 1.165) is 5.67 Å². The van der Waals surface area contributed by atoms with Crippen molar-refractivity contribution in [1.82, 2.24) is 4.90 Å². The predicted molar refractivity (Wildman–Crippen MR) is 64.8 cm³/mol. The van der Waals surface area contributed by atoms with Crippen LogP contribution >= 0.6 is 0 Å². The van der Waals surface area contributed by atoms with Gasteiger partial charge in [0.2, 0.25) is 0 Å². The molecule has 13 heavy (non-hydrogen) atoms. The lowest BCUT2D eigenvalue weighted by Crippen LogP contribution is -2.41. The van der Waals surface area contributed by atoms with E-state index in [1.54, 1.807) is 0 Å². The number of hydrogen-bond acceptors (Lipinski definition) is 1. The Morgan fingerprint density at radius 2 is 1.92 bits per heavy atom. The average Bonchev–Trinajstić information content (AvgIpc) is 2.10. The maximum atomic E-state index is 4.00. The second-order valence-electron chi connectivity index (χ2n) is 4.01. The van der Waals surface area contributed by atoms with E-state index in [2.05, 4.69) is 45.1 Å². The molecule has 0 aliphatic carbocycles. The quantitative estimate of drug-likeness (QED) is 0.570. The van der Waals surface area contributed by atoms with Crippen molar-refractivity contribution in [1.29, 1.82) is 0 Å². The van der Waals surface area contributed by atoms with Crippen LogP contribution in [0.15, 0.2) is 12.3 Å². The van der Waals surface area contributed by atoms with E-state index >= 15 is 0 Å². The highest BCUT2D eigenvalue weighted by Crippen LogP contribution is 2.13. The molecular weight excluding hydrogens is 174 g/mol. The maximum Gasteiger partial charge on any atom is 0.0796 e. The molecular formula is C11H25NSi. The van der Waals surface area contributed by atoms with Gasteiger partial charge in [-0.2, -0.15) is 0 Å². The third-order valence-electron chi connectivity index (χ3n) is 2.67. The maximum absolute atomic E-state index is 4.00. The lowest BCUT2D eigenvalue weighted by molar-refractivity contribution is 0.350. The van der Waals surface area contributed by atoms with Crippen molar-refractivity contribution in [2.45, 2.75) is 44.8 Å². The number of hydrogen-bond donors (Lipinski definition) is 0. The Hall–Kier alpha value is -0.0831. The molecule has 0 saturated heterocycles. The van der Waals surface area contributed by atoms with Crippen molar-refractivity contribution < 1.29 is 0 Å². The monoisotopic (exact) mass is 199 g/mol. The first kappa shape index (κ1) is 12.9. The van der Waals surface area contributed by atoms with Crippen LogP contribution in [0.1, 0.15) is 33.1 Å². The molecule has 0 aliphatic rings. The normalized spacial score (nSPS) is 15.8. The van der Waals surface area contributed by atoms with Crippen LogP contribution in [-0.4, -0.2) is 33.5 Å². The van der Waals surface area contributed by atoms with Crippen molar-refractivity contribution in [2.75, 3.05) is 14.1 Å². The molecule has 0 aromatic rings. The molecule has 2 unspecified atom stereocenters. The summed E-state index contributed by atoms with van der Waals surface area (Å²) in [5.41, 5.74) is 3.09. The van der Waals surface area contributed by atoms with Crippen molar-refractivity contribution >= 4 is 8.80 Å². The zero-order valence-electron chi connectivity index (χ0n) is 9.71. The summed E-state index contributed by atoms with van der Waals surface area (Å²) in [6, 6.07) is 1.41. The van der Waals surface area contributed by atoms with E-state index in [9.17, 15) is 0 Å². The smallest absolute Gasteiger partial charge is 0.0796 e. The minimum atomic E-state index is -0.714. The Kier molecular flexibility index (Phi) is 7.29. The summed E-state index contributed by atoms with van der Waals surface area (Å²) < 4.78 is 0. The van der Waals surface area contributed by atoms with Crippen LogP contribution in [0.3, 0.4) is 0 Å². The van der Waals surface area contributed by atoms with E-state index in [4.69, 9.17) is 0 Å². The Morgan fingerprint density at radius 1 is 1.31 bits per heavy atom. The van der Waals surface area contributed by atoms with Crippen LogP contribution in [0.5, 0.6) is 0 Å². The summed E-state index contributed by atoms with van der Waals surface area (Å²) in [5.74, 6) is 0. The van der Waals surface area contributed by atoms with E-state index in [0.29, 0.717) is 0 Å². The summed E-state index contributed by atoms with van der Waals surface area (Å²) >= 11 is 0. The lowest BCUT2D eigenvalue weighted by atomic mass is 10.3. The van der Waals surface area contributed by atoms with Gasteiger partial charge < -0.3 is 4.90 Å². The summed E-state index contributed by atoms with van der Waals surface area (Å²) in [4.78, 5) is 2.40. The van der Waals surface area contributed by atoms with Crippen LogP contribution in [0, 0.1) is 0 Å². The van der Waals surface area contributed by atoms with E-state index in [1.165, 1.54) is 25.3 Å². The molecule has 0 aromatic carbocycles. The standard InChI is InChI=1S/C11H25NSi/c1-6-9-11(12(4)5)13(8-3)10-7-2/h8,11,13H,3,6-7,9-10H2,1-2,4-5H3. The minimum Gasteiger partial charge on any atom is -0.309 e. The highest BCUT2D eigenvalue weighted by molar-refractivity contribution is 6.65. The predicted octanol–water partition coefficient (Wildman–Crippen LogP) is 2.62. The van der Waals surface area contributed by atoms with E-state index in [1.807, 2.05) is 0 Å². The summed E-state index contributed by atoms with van der Waals surface area (Å²) in [7, 11) is 3.70. The molecule has 2 atom stereocenters. The second kappa shape index (κ2) is 7.33. The molecule has 0 radical (unpaired) electrons. The van der Waals surface area contributed by atoms with Crippen molar-refractivity contribution in [2.24, 2.45) is 0 Å². The average molecular weight is 199 g/mol. The fraction of sp³-hybridized carbons (Fsp3) is 0.818. The fourth-order valence-corrected chi connectivity index (χ4v) is 5.08. The second-order valence-corrected chi connectivity index (χ2v) is 7.15. The van der Waals surface area contributed by atoms with Gasteiger partial charge in [-0.3, -0.25) is 0 Å². The summed E-state index contributed by atoms with van der Waals surface area (Å²) in [5, 5.41) is 0. The van der Waals surface area contributed by atoms with Crippen LogP contribution in [0.2, 0.25) is 6.04 Å². The largest absolute Gasteiger partial charge is 0.309 e. The number of nitrogens with zero attached hydrogens (tertiary/aromatic N) is 1. The van der Waals surface area contributed by atoms with E-state index < -0.39 is 8.80 Å². The Balaban J connectivity index is 4.20. The summed E-state index contributed by atoms with van der Waals surface area (Å²) in [6.45, 7) is 8.55. The molecule has 0 bridgehead atoms. The van der Waals surface area contributed by atoms with Crippen LogP contribution in [0.4, 0.5) is 0 Å². The minimum absolute atomic E-state index is 0.714.